The number of carboxylic acids is 1. The molecule has 0 aliphatic rings. The zero-order chi connectivity index (χ0) is 23.1. The van der Waals surface area contributed by atoms with Crippen LogP contribution in [-0.2, 0) is 19.2 Å². The maximum Gasteiger partial charge on any atom is 0.326 e. The molecule has 0 bridgehead atoms. The molecule has 0 aromatic rings. The summed E-state index contributed by atoms with van der Waals surface area (Å²) in [5, 5.41) is 14.1. The second-order valence-corrected chi connectivity index (χ2v) is 6.81. The SMILES string of the molecule is NCCCC[C@H](NC(=O)[C@H](CCC(N)=O)NC(=O)[C@@H](N)CCCN=C(N)N)C(=O)O. The Morgan fingerprint density at radius 3 is 2.03 bits per heavy atom. The Labute approximate surface area is 175 Å². The molecular formula is C17H34N8O5. The standard InChI is InChI=1S/C17H34N8O5/c18-8-2-1-5-12(16(29)30)25-15(28)11(6-7-13(20)26)24-14(27)10(19)4-3-9-23-17(21)22/h10-12H,1-9,18-19H2,(H2,20,26)(H,24,27)(H,25,28)(H,29,30)(H4,21,22,23)/t10-,11-,12-/m0/s1. The van der Waals surface area contributed by atoms with E-state index in [1.807, 2.05) is 0 Å². The molecule has 13 N–H and O–H groups in total. The zero-order valence-electron chi connectivity index (χ0n) is 17.0. The van der Waals surface area contributed by atoms with E-state index < -0.39 is 41.8 Å². The van der Waals surface area contributed by atoms with E-state index in [-0.39, 0.29) is 38.2 Å². The number of nitrogens with one attached hydrogen (secondary N) is 2. The number of primary amides is 1. The van der Waals surface area contributed by atoms with Gasteiger partial charge in [-0.25, -0.2) is 4.79 Å². The molecule has 0 radical (unpaired) electrons. The van der Waals surface area contributed by atoms with Crippen LogP contribution in [0.2, 0.25) is 0 Å². The Morgan fingerprint density at radius 2 is 1.50 bits per heavy atom. The van der Waals surface area contributed by atoms with Crippen LogP contribution in [-0.4, -0.2) is 66.0 Å². The van der Waals surface area contributed by atoms with Gasteiger partial charge in [-0.15, -0.1) is 0 Å². The van der Waals surface area contributed by atoms with Crippen LogP contribution >= 0.6 is 0 Å². The van der Waals surface area contributed by atoms with Crippen molar-refractivity contribution in [1.82, 2.24) is 10.6 Å². The summed E-state index contributed by atoms with van der Waals surface area (Å²) in [5.41, 5.74) is 26.8. The Balaban J connectivity index is 4.95. The van der Waals surface area contributed by atoms with Gasteiger partial charge in [0.15, 0.2) is 5.96 Å². The minimum Gasteiger partial charge on any atom is -0.480 e. The highest BCUT2D eigenvalue weighted by Crippen LogP contribution is 2.05. The van der Waals surface area contributed by atoms with Gasteiger partial charge in [0.1, 0.15) is 12.1 Å². The average molecular weight is 431 g/mol. The molecule has 3 atom stereocenters. The second-order valence-electron chi connectivity index (χ2n) is 6.81. The van der Waals surface area contributed by atoms with Gasteiger partial charge in [-0.2, -0.15) is 0 Å². The number of amides is 3. The minimum atomic E-state index is -1.21. The number of rotatable bonds is 16. The van der Waals surface area contributed by atoms with Crippen molar-refractivity contribution in [3.05, 3.63) is 0 Å². The molecule has 0 aromatic carbocycles. The van der Waals surface area contributed by atoms with Crippen LogP contribution in [0.4, 0.5) is 0 Å². The molecule has 0 rings (SSSR count). The average Bonchev–Trinajstić information content (AvgIpc) is 2.66. The molecule has 0 fully saturated rings. The van der Waals surface area contributed by atoms with Crippen LogP contribution in [0.3, 0.4) is 0 Å². The normalized spacial score (nSPS) is 13.5. The number of carbonyl (C=O) groups excluding carboxylic acids is 3. The number of carboxylic acid groups (broad SMARTS) is 1. The predicted molar refractivity (Wildman–Crippen MR) is 111 cm³/mol. The third-order valence-electron chi connectivity index (χ3n) is 4.18. The quantitative estimate of drug-likeness (QED) is 0.0696. The van der Waals surface area contributed by atoms with E-state index in [1.165, 1.54) is 0 Å². The van der Waals surface area contributed by atoms with Crippen LogP contribution in [0.5, 0.6) is 0 Å². The third-order valence-corrected chi connectivity index (χ3v) is 4.18. The van der Waals surface area contributed by atoms with Crippen LogP contribution in [0.15, 0.2) is 4.99 Å². The predicted octanol–water partition coefficient (Wildman–Crippen LogP) is -3.18. The maximum atomic E-state index is 12.5. The minimum absolute atomic E-state index is 0.0735. The summed E-state index contributed by atoms with van der Waals surface area (Å²) < 4.78 is 0. The first-order valence-electron chi connectivity index (χ1n) is 9.71. The van der Waals surface area contributed by atoms with Crippen molar-refractivity contribution in [2.75, 3.05) is 13.1 Å². The summed E-state index contributed by atoms with van der Waals surface area (Å²) in [6.45, 7) is 0.691. The summed E-state index contributed by atoms with van der Waals surface area (Å²) in [6.07, 6.45) is 1.71. The Bertz CT molecular complexity index is 609. The number of nitrogens with two attached hydrogens (primary N) is 5. The van der Waals surface area contributed by atoms with Gasteiger partial charge in [-0.3, -0.25) is 19.4 Å². The van der Waals surface area contributed by atoms with Gasteiger partial charge in [0.2, 0.25) is 17.7 Å². The molecule has 0 saturated heterocycles. The van der Waals surface area contributed by atoms with Crippen LogP contribution in [0.1, 0.15) is 44.9 Å². The summed E-state index contributed by atoms with van der Waals surface area (Å²) in [7, 11) is 0. The number of nitrogens with zero attached hydrogens (tertiary/aromatic N) is 1. The lowest BCUT2D eigenvalue weighted by Crippen LogP contribution is -2.54. The van der Waals surface area contributed by atoms with Crippen molar-refractivity contribution in [3.8, 4) is 0 Å². The van der Waals surface area contributed by atoms with E-state index in [0.29, 0.717) is 25.8 Å². The number of aliphatic imine (C=N–C) groups is 1. The van der Waals surface area contributed by atoms with Crippen molar-refractivity contribution in [1.29, 1.82) is 0 Å². The van der Waals surface area contributed by atoms with Crippen LogP contribution < -0.4 is 39.3 Å². The number of hydrogen-bond donors (Lipinski definition) is 8. The molecule has 172 valence electrons. The van der Waals surface area contributed by atoms with Gasteiger partial charge >= 0.3 is 5.97 Å². The van der Waals surface area contributed by atoms with Gasteiger partial charge < -0.3 is 44.4 Å². The topological polar surface area (TPSA) is 255 Å². The Kier molecular flexibility index (Phi) is 13.5. The van der Waals surface area contributed by atoms with Crippen molar-refractivity contribution in [2.45, 2.75) is 63.1 Å². The molecule has 0 spiro atoms. The van der Waals surface area contributed by atoms with Crippen molar-refractivity contribution >= 4 is 29.7 Å². The zero-order valence-corrected chi connectivity index (χ0v) is 17.0. The number of aliphatic carboxylic acids is 1. The lowest BCUT2D eigenvalue weighted by Gasteiger charge is -2.22. The van der Waals surface area contributed by atoms with E-state index in [2.05, 4.69) is 15.6 Å². The highest BCUT2D eigenvalue weighted by atomic mass is 16.4. The Hall–Kier alpha value is -2.93. The molecule has 0 aliphatic heterocycles. The summed E-state index contributed by atoms with van der Waals surface area (Å²) in [4.78, 5) is 51.1. The molecule has 13 nitrogen and oxygen atoms in total. The van der Waals surface area contributed by atoms with Crippen LogP contribution in [0.25, 0.3) is 0 Å². The molecule has 0 saturated carbocycles. The van der Waals surface area contributed by atoms with E-state index in [4.69, 9.17) is 28.7 Å². The van der Waals surface area contributed by atoms with Gasteiger partial charge in [0.25, 0.3) is 0 Å². The lowest BCUT2D eigenvalue weighted by atomic mass is 10.1. The molecule has 0 aliphatic carbocycles. The summed E-state index contributed by atoms with van der Waals surface area (Å²) >= 11 is 0. The lowest BCUT2D eigenvalue weighted by molar-refractivity contribution is -0.142. The second kappa shape index (κ2) is 15.0. The highest BCUT2D eigenvalue weighted by Gasteiger charge is 2.27. The van der Waals surface area contributed by atoms with E-state index in [0.717, 1.165) is 0 Å². The van der Waals surface area contributed by atoms with E-state index in [9.17, 15) is 24.3 Å². The molecule has 0 unspecified atom stereocenters. The first kappa shape index (κ1) is 27.1. The Morgan fingerprint density at radius 1 is 0.867 bits per heavy atom. The van der Waals surface area contributed by atoms with E-state index in [1.54, 1.807) is 0 Å². The molecule has 0 aromatic heterocycles. The molecule has 30 heavy (non-hydrogen) atoms. The monoisotopic (exact) mass is 430 g/mol. The van der Waals surface area contributed by atoms with E-state index >= 15 is 0 Å². The molecule has 0 heterocycles. The van der Waals surface area contributed by atoms with Gasteiger partial charge in [-0.1, -0.05) is 0 Å². The maximum absolute atomic E-state index is 12.5. The van der Waals surface area contributed by atoms with Crippen molar-refractivity contribution < 1.29 is 24.3 Å². The number of carbonyl (C=O) groups is 4. The van der Waals surface area contributed by atoms with Crippen LogP contribution in [0, 0.1) is 0 Å². The van der Waals surface area contributed by atoms with Crippen molar-refractivity contribution in [3.63, 3.8) is 0 Å². The third kappa shape index (κ3) is 12.5. The van der Waals surface area contributed by atoms with Gasteiger partial charge in [0.05, 0.1) is 6.04 Å². The summed E-state index contributed by atoms with van der Waals surface area (Å²) in [6, 6.07) is -3.25. The van der Waals surface area contributed by atoms with Gasteiger partial charge in [-0.05, 0) is 45.1 Å². The van der Waals surface area contributed by atoms with Crippen molar-refractivity contribution in [2.24, 2.45) is 33.7 Å². The largest absolute Gasteiger partial charge is 0.480 e. The van der Waals surface area contributed by atoms with Gasteiger partial charge in [0, 0.05) is 13.0 Å². The molecular weight excluding hydrogens is 396 g/mol. The molecule has 3 amide bonds. The number of hydrogen-bond acceptors (Lipinski definition) is 7. The first-order valence-corrected chi connectivity index (χ1v) is 9.71. The highest BCUT2D eigenvalue weighted by molar-refractivity contribution is 5.92. The fourth-order valence-corrected chi connectivity index (χ4v) is 2.51. The number of guanidine groups is 1. The smallest absolute Gasteiger partial charge is 0.326 e. The molecule has 13 heteroatoms. The first-order chi connectivity index (χ1) is 14.1. The fraction of sp³-hybridized carbons (Fsp3) is 0.706. The number of unbranched alkanes of at least 4 members (excludes halogenated alkanes) is 1. The fourth-order valence-electron chi connectivity index (χ4n) is 2.51. The summed E-state index contributed by atoms with van der Waals surface area (Å²) in [5.74, 6) is -3.31.